The first-order chi connectivity index (χ1) is 14.1. The minimum absolute atomic E-state index is 0.0513. The fraction of sp³-hybridized carbons (Fsp3) is 0.364. The van der Waals surface area contributed by atoms with Crippen molar-refractivity contribution in [2.24, 2.45) is 4.99 Å². The highest BCUT2D eigenvalue weighted by atomic mass is 19.1. The number of guanidine groups is 1. The number of aromatic nitrogens is 2. The molecule has 0 amide bonds. The lowest BCUT2D eigenvalue weighted by Crippen LogP contribution is -2.38. The zero-order valence-electron chi connectivity index (χ0n) is 17.0. The Morgan fingerprint density at radius 1 is 1.17 bits per heavy atom. The Balaban J connectivity index is 1.39. The standard InChI is InChI=1S/C22H28FN5O/c1-16-6-5-7-21(29)28(16)13-4-3-11-25-22(24-2)26-12-10-17-15-27-20-14-18(23)8-9-19(17)20/h5-9,14-15,27H,3-4,10-13H2,1-2H3,(H2,24,25,26). The SMILES string of the molecule is CN=C(NCCCCn1c(C)cccc1=O)NCCc1c[nH]c2cc(F)ccc12. The minimum Gasteiger partial charge on any atom is -0.361 e. The molecule has 0 atom stereocenters. The molecule has 2 aromatic heterocycles. The molecule has 2 heterocycles. The summed E-state index contributed by atoms with van der Waals surface area (Å²) in [6.07, 6.45) is 4.59. The molecule has 0 fully saturated rings. The van der Waals surface area contributed by atoms with Crippen LogP contribution in [-0.2, 0) is 13.0 Å². The number of pyridine rings is 1. The van der Waals surface area contributed by atoms with E-state index in [-0.39, 0.29) is 11.4 Å². The Labute approximate surface area is 169 Å². The smallest absolute Gasteiger partial charge is 0.250 e. The van der Waals surface area contributed by atoms with E-state index in [1.165, 1.54) is 12.1 Å². The van der Waals surface area contributed by atoms with E-state index in [0.29, 0.717) is 0 Å². The summed E-state index contributed by atoms with van der Waals surface area (Å²) in [7, 11) is 1.75. The first-order valence-corrected chi connectivity index (χ1v) is 9.95. The molecule has 0 unspecified atom stereocenters. The second-order valence-electron chi connectivity index (χ2n) is 7.04. The van der Waals surface area contributed by atoms with Crippen LogP contribution >= 0.6 is 0 Å². The van der Waals surface area contributed by atoms with Crippen LogP contribution in [0, 0.1) is 12.7 Å². The van der Waals surface area contributed by atoms with E-state index in [0.717, 1.165) is 67.0 Å². The highest BCUT2D eigenvalue weighted by Gasteiger charge is 2.05. The van der Waals surface area contributed by atoms with Crippen molar-refractivity contribution in [2.45, 2.75) is 32.7 Å². The van der Waals surface area contributed by atoms with Crippen molar-refractivity contribution in [3.05, 3.63) is 70.0 Å². The average Bonchev–Trinajstić information content (AvgIpc) is 3.10. The molecule has 29 heavy (non-hydrogen) atoms. The molecule has 3 N–H and O–H groups in total. The van der Waals surface area contributed by atoms with Crippen molar-refractivity contribution in [2.75, 3.05) is 20.1 Å². The van der Waals surface area contributed by atoms with Crippen LogP contribution in [0.1, 0.15) is 24.1 Å². The van der Waals surface area contributed by atoms with Crippen molar-refractivity contribution in [3.8, 4) is 0 Å². The molecule has 0 radical (unpaired) electrons. The molecule has 3 aromatic rings. The average molecular weight is 397 g/mol. The molecule has 0 aliphatic carbocycles. The van der Waals surface area contributed by atoms with Gasteiger partial charge in [0.25, 0.3) is 5.56 Å². The summed E-state index contributed by atoms with van der Waals surface area (Å²) in [5, 5.41) is 7.65. The number of hydrogen-bond acceptors (Lipinski definition) is 2. The summed E-state index contributed by atoms with van der Waals surface area (Å²) in [6.45, 7) is 4.19. The van der Waals surface area contributed by atoms with Gasteiger partial charge in [-0.25, -0.2) is 4.39 Å². The van der Waals surface area contributed by atoms with Crippen LogP contribution in [0.15, 0.2) is 52.4 Å². The number of aryl methyl sites for hydroxylation is 1. The molecule has 0 saturated carbocycles. The van der Waals surface area contributed by atoms with E-state index in [9.17, 15) is 9.18 Å². The predicted molar refractivity (Wildman–Crippen MR) is 116 cm³/mol. The van der Waals surface area contributed by atoms with Gasteiger partial charge < -0.3 is 20.2 Å². The van der Waals surface area contributed by atoms with E-state index >= 15 is 0 Å². The van der Waals surface area contributed by atoms with Crippen LogP contribution in [0.5, 0.6) is 0 Å². The maximum absolute atomic E-state index is 13.3. The third kappa shape index (κ3) is 5.47. The van der Waals surface area contributed by atoms with E-state index < -0.39 is 0 Å². The lowest BCUT2D eigenvalue weighted by Gasteiger charge is -2.12. The van der Waals surface area contributed by atoms with Gasteiger partial charge >= 0.3 is 0 Å². The number of aromatic amines is 1. The maximum atomic E-state index is 13.3. The number of rotatable bonds is 8. The second-order valence-corrected chi connectivity index (χ2v) is 7.04. The zero-order chi connectivity index (χ0) is 20.6. The topological polar surface area (TPSA) is 74.2 Å². The lowest BCUT2D eigenvalue weighted by molar-refractivity contribution is 0.575. The Kier molecular flexibility index (Phi) is 7.05. The highest BCUT2D eigenvalue weighted by Crippen LogP contribution is 2.19. The monoisotopic (exact) mass is 397 g/mol. The number of aliphatic imine (C=N–C) groups is 1. The highest BCUT2D eigenvalue weighted by molar-refractivity contribution is 5.83. The van der Waals surface area contributed by atoms with Gasteiger partial charge in [0.1, 0.15) is 5.82 Å². The zero-order valence-corrected chi connectivity index (χ0v) is 17.0. The Morgan fingerprint density at radius 3 is 2.79 bits per heavy atom. The summed E-state index contributed by atoms with van der Waals surface area (Å²) in [5.74, 6) is 0.518. The Morgan fingerprint density at radius 2 is 2.00 bits per heavy atom. The molecule has 154 valence electrons. The molecular weight excluding hydrogens is 369 g/mol. The van der Waals surface area contributed by atoms with E-state index in [4.69, 9.17) is 0 Å². The van der Waals surface area contributed by atoms with E-state index in [1.54, 1.807) is 23.7 Å². The Bertz CT molecular complexity index is 1040. The van der Waals surface area contributed by atoms with Gasteiger partial charge in [0.05, 0.1) is 0 Å². The first-order valence-electron chi connectivity index (χ1n) is 9.95. The molecule has 7 heteroatoms. The fourth-order valence-electron chi connectivity index (χ4n) is 3.41. The quantitative estimate of drug-likeness (QED) is 0.311. The number of unbranched alkanes of at least 4 members (excludes halogenated alkanes) is 1. The van der Waals surface area contributed by atoms with Crippen LogP contribution in [-0.4, -0.2) is 35.6 Å². The van der Waals surface area contributed by atoms with Gasteiger partial charge in [-0.05, 0) is 56.0 Å². The summed E-state index contributed by atoms with van der Waals surface area (Å²) in [5.41, 5.74) is 3.00. The summed E-state index contributed by atoms with van der Waals surface area (Å²) in [6, 6.07) is 10.1. The molecule has 0 aliphatic heterocycles. The number of halogens is 1. The summed E-state index contributed by atoms with van der Waals surface area (Å²) < 4.78 is 15.1. The van der Waals surface area contributed by atoms with E-state index in [2.05, 4.69) is 20.6 Å². The lowest BCUT2D eigenvalue weighted by atomic mass is 10.1. The number of nitrogens with zero attached hydrogens (tertiary/aromatic N) is 2. The Hall–Kier alpha value is -3.09. The minimum atomic E-state index is -0.235. The van der Waals surface area contributed by atoms with Gasteiger partial charge in [-0.3, -0.25) is 9.79 Å². The van der Waals surface area contributed by atoms with Gasteiger partial charge in [-0.2, -0.15) is 0 Å². The van der Waals surface area contributed by atoms with Crippen molar-refractivity contribution < 1.29 is 4.39 Å². The third-order valence-electron chi connectivity index (χ3n) is 5.01. The number of nitrogens with one attached hydrogen (secondary N) is 3. The van der Waals surface area contributed by atoms with Crippen molar-refractivity contribution >= 4 is 16.9 Å². The third-order valence-corrected chi connectivity index (χ3v) is 5.01. The number of benzene rings is 1. The fourth-order valence-corrected chi connectivity index (χ4v) is 3.41. The van der Waals surface area contributed by atoms with Gasteiger partial charge in [-0.15, -0.1) is 0 Å². The van der Waals surface area contributed by atoms with Crippen molar-refractivity contribution in [1.82, 2.24) is 20.2 Å². The molecular formula is C22H28FN5O. The van der Waals surface area contributed by atoms with Gasteiger partial charge in [0.2, 0.25) is 0 Å². The van der Waals surface area contributed by atoms with Crippen LogP contribution in [0.2, 0.25) is 0 Å². The van der Waals surface area contributed by atoms with Gasteiger partial charge in [0.15, 0.2) is 5.96 Å². The van der Waals surface area contributed by atoms with Crippen LogP contribution in [0.4, 0.5) is 4.39 Å². The molecule has 0 saturated heterocycles. The number of hydrogen-bond donors (Lipinski definition) is 3. The molecule has 6 nitrogen and oxygen atoms in total. The molecule has 3 rings (SSSR count). The van der Waals surface area contributed by atoms with Crippen molar-refractivity contribution in [1.29, 1.82) is 0 Å². The van der Waals surface area contributed by atoms with Gasteiger partial charge in [-0.1, -0.05) is 6.07 Å². The van der Waals surface area contributed by atoms with Crippen molar-refractivity contribution in [3.63, 3.8) is 0 Å². The maximum Gasteiger partial charge on any atom is 0.250 e. The molecule has 0 aliphatic rings. The first kappa shape index (κ1) is 20.6. The molecule has 0 bridgehead atoms. The molecule has 0 spiro atoms. The summed E-state index contributed by atoms with van der Waals surface area (Å²) >= 11 is 0. The van der Waals surface area contributed by atoms with Crippen LogP contribution in [0.3, 0.4) is 0 Å². The second kappa shape index (κ2) is 9.91. The molecule has 1 aromatic carbocycles. The normalized spacial score (nSPS) is 11.8. The predicted octanol–water partition coefficient (Wildman–Crippen LogP) is 2.97. The van der Waals surface area contributed by atoms with Crippen LogP contribution in [0.25, 0.3) is 10.9 Å². The number of fused-ring (bicyclic) bond motifs is 1. The summed E-state index contributed by atoms with van der Waals surface area (Å²) in [4.78, 5) is 19.2. The van der Waals surface area contributed by atoms with Gasteiger partial charge in [0, 0.05) is 55.5 Å². The van der Waals surface area contributed by atoms with Crippen LogP contribution < -0.4 is 16.2 Å². The number of H-pyrrole nitrogens is 1. The van der Waals surface area contributed by atoms with E-state index in [1.807, 2.05) is 25.3 Å². The largest absolute Gasteiger partial charge is 0.361 e.